The van der Waals surface area contributed by atoms with Crippen molar-refractivity contribution in [2.75, 3.05) is 0 Å². The van der Waals surface area contributed by atoms with Gasteiger partial charge in [-0.05, 0) is 6.42 Å². The van der Waals surface area contributed by atoms with Crippen molar-refractivity contribution in [3.63, 3.8) is 0 Å². The van der Waals surface area contributed by atoms with E-state index in [9.17, 15) is 35.3 Å². The predicted molar refractivity (Wildman–Crippen MR) is 57.0 cm³/mol. The molecule has 0 bridgehead atoms. The minimum absolute atomic E-state index is 0.0413. The lowest BCUT2D eigenvalue weighted by Gasteiger charge is -2.39. The molecule has 4 nitrogen and oxygen atoms in total. The van der Waals surface area contributed by atoms with Gasteiger partial charge in [0, 0.05) is 13.3 Å². The minimum Gasteiger partial charge on any atom is -0.303 e. The van der Waals surface area contributed by atoms with Crippen molar-refractivity contribution >= 4 is 7.82 Å². The van der Waals surface area contributed by atoms with E-state index in [-0.39, 0.29) is 6.42 Å². The maximum absolute atomic E-state index is 14.0. The highest BCUT2D eigenvalue weighted by atomic mass is 31.2. The summed E-state index contributed by atoms with van der Waals surface area (Å²) < 4.78 is 106. The number of halogens is 7. The fourth-order valence-electron chi connectivity index (χ4n) is 1.36. The van der Waals surface area contributed by atoms with Crippen molar-refractivity contribution < 1.29 is 49.6 Å². The number of unbranched alkanes of at least 4 members (excludes halogenated alkanes) is 1. The van der Waals surface area contributed by atoms with E-state index in [1.165, 1.54) is 6.92 Å². The molecule has 0 aromatic carbocycles. The number of phosphoric ester groups is 1. The number of alkyl halides is 7. The monoisotopic (exact) mass is 350 g/mol. The van der Waals surface area contributed by atoms with Crippen LogP contribution in [0, 0.1) is 0 Å². The highest BCUT2D eigenvalue weighted by Gasteiger charge is 2.79. The van der Waals surface area contributed by atoms with Crippen molar-refractivity contribution in [1.29, 1.82) is 0 Å². The third kappa shape index (κ3) is 4.30. The van der Waals surface area contributed by atoms with E-state index in [0.29, 0.717) is 0 Å². The largest absolute Gasteiger partial charge is 0.472 e. The van der Waals surface area contributed by atoms with E-state index in [4.69, 9.17) is 9.79 Å². The summed E-state index contributed by atoms with van der Waals surface area (Å²) in [5, 5.41) is 0. The number of rotatable bonds is 8. The van der Waals surface area contributed by atoms with Gasteiger partial charge < -0.3 is 9.79 Å². The highest BCUT2D eigenvalue weighted by molar-refractivity contribution is 7.46. The normalized spacial score (nSPS) is 17.7. The van der Waals surface area contributed by atoms with Crippen molar-refractivity contribution in [3.8, 4) is 0 Å². The molecule has 0 aliphatic carbocycles. The Kier molecular flexibility index (Phi) is 5.91. The van der Waals surface area contributed by atoms with Crippen molar-refractivity contribution in [2.24, 2.45) is 0 Å². The first kappa shape index (κ1) is 20.6. The van der Waals surface area contributed by atoms with E-state index in [1.807, 2.05) is 0 Å². The molecule has 0 aliphatic heterocycles. The lowest BCUT2D eigenvalue weighted by molar-refractivity contribution is -0.374. The molecule has 0 saturated heterocycles. The van der Waals surface area contributed by atoms with Crippen LogP contribution < -0.4 is 0 Å². The molecule has 1 atom stereocenters. The van der Waals surface area contributed by atoms with Crippen molar-refractivity contribution in [3.05, 3.63) is 0 Å². The summed E-state index contributed by atoms with van der Waals surface area (Å²) in [5.74, 6) is -22.7. The van der Waals surface area contributed by atoms with Crippen LogP contribution in [0.2, 0.25) is 0 Å². The molecule has 0 amide bonds. The van der Waals surface area contributed by atoms with Gasteiger partial charge in [0.2, 0.25) is 0 Å². The van der Waals surface area contributed by atoms with Gasteiger partial charge in [0.05, 0.1) is 0 Å². The molecule has 12 heteroatoms. The minimum atomic E-state index is -6.22. The summed E-state index contributed by atoms with van der Waals surface area (Å²) in [6, 6.07) is 0. The second-order valence-electron chi connectivity index (χ2n) is 4.45. The summed E-state index contributed by atoms with van der Waals surface area (Å²) in [5.41, 5.74) is 0. The summed E-state index contributed by atoms with van der Waals surface area (Å²) >= 11 is 0. The van der Waals surface area contributed by atoms with Gasteiger partial charge >= 0.3 is 25.6 Å². The number of hydrogen-bond donors (Lipinski definition) is 2. The van der Waals surface area contributed by atoms with E-state index < -0.39 is 51.2 Å². The second kappa shape index (κ2) is 6.02. The van der Waals surface area contributed by atoms with Gasteiger partial charge in [0.15, 0.2) is 0 Å². The van der Waals surface area contributed by atoms with Gasteiger partial charge in [0.1, 0.15) is 0 Å². The van der Waals surface area contributed by atoms with Crippen molar-refractivity contribution in [1.82, 2.24) is 0 Å². The molecule has 0 fully saturated rings. The standard InChI is InChI=1S/C9H14F7O4P/c1-3-4-5-7(12,20-21(17,18)19)9(15,16)8(13,14)6(2,10)11/h3-5H2,1-2H3,(H2,17,18,19). The molecule has 1 unspecified atom stereocenters. The van der Waals surface area contributed by atoms with Crippen LogP contribution in [-0.4, -0.2) is 33.4 Å². The Morgan fingerprint density at radius 2 is 1.43 bits per heavy atom. The molecule has 0 rings (SSSR count). The van der Waals surface area contributed by atoms with Crippen LogP contribution >= 0.6 is 7.82 Å². The van der Waals surface area contributed by atoms with Crippen molar-refractivity contribution in [2.45, 2.75) is 56.7 Å². The Labute approximate surface area is 115 Å². The number of phosphoric acid groups is 1. The van der Waals surface area contributed by atoms with Crippen LogP contribution in [0.5, 0.6) is 0 Å². The first-order valence-corrected chi connectivity index (χ1v) is 7.13. The zero-order valence-corrected chi connectivity index (χ0v) is 11.8. The van der Waals surface area contributed by atoms with E-state index in [2.05, 4.69) is 4.52 Å². The Bertz CT molecular complexity index is 405. The van der Waals surface area contributed by atoms with Gasteiger partial charge in [-0.1, -0.05) is 13.3 Å². The molecule has 0 aliphatic rings. The topological polar surface area (TPSA) is 66.8 Å². The molecule has 0 spiro atoms. The van der Waals surface area contributed by atoms with E-state index >= 15 is 0 Å². The summed E-state index contributed by atoms with van der Waals surface area (Å²) in [6.45, 7) is 0.751. The van der Waals surface area contributed by atoms with Crippen LogP contribution in [0.3, 0.4) is 0 Å². The van der Waals surface area contributed by atoms with Gasteiger partial charge in [-0.3, -0.25) is 0 Å². The highest BCUT2D eigenvalue weighted by Crippen LogP contribution is 2.57. The lowest BCUT2D eigenvalue weighted by Crippen LogP contribution is -2.63. The van der Waals surface area contributed by atoms with Gasteiger partial charge in [-0.15, -0.1) is 0 Å². The second-order valence-corrected chi connectivity index (χ2v) is 5.61. The molecule has 0 radical (unpaired) electrons. The maximum Gasteiger partial charge on any atom is 0.472 e. The lowest BCUT2D eigenvalue weighted by atomic mass is 9.95. The van der Waals surface area contributed by atoms with Crippen LogP contribution in [0.15, 0.2) is 0 Å². The third-order valence-corrected chi connectivity index (χ3v) is 3.06. The van der Waals surface area contributed by atoms with E-state index in [0.717, 1.165) is 0 Å². The Hall–Kier alpha value is -0.380. The van der Waals surface area contributed by atoms with Crippen LogP contribution in [-0.2, 0) is 9.09 Å². The van der Waals surface area contributed by atoms with Crippen LogP contribution in [0.4, 0.5) is 30.7 Å². The van der Waals surface area contributed by atoms with Gasteiger partial charge in [-0.25, -0.2) is 13.5 Å². The Morgan fingerprint density at radius 1 is 1.00 bits per heavy atom. The molecule has 0 saturated carbocycles. The molecule has 2 N–H and O–H groups in total. The zero-order chi connectivity index (χ0) is 17.3. The first-order chi connectivity index (χ1) is 9.02. The maximum atomic E-state index is 14.0. The van der Waals surface area contributed by atoms with E-state index in [1.54, 1.807) is 0 Å². The quantitative estimate of drug-likeness (QED) is 0.515. The average Bonchev–Trinajstić information content (AvgIpc) is 2.21. The summed E-state index contributed by atoms with van der Waals surface area (Å²) in [4.78, 5) is 16.7. The van der Waals surface area contributed by atoms with Crippen LogP contribution in [0.1, 0.15) is 33.1 Å². The molecule has 0 aromatic rings. The third-order valence-electron chi connectivity index (χ3n) is 2.53. The Balaban J connectivity index is 5.85. The average molecular weight is 350 g/mol. The molecule has 128 valence electrons. The first-order valence-electron chi connectivity index (χ1n) is 5.60. The fourth-order valence-corrected chi connectivity index (χ4v) is 1.95. The molecular formula is C9H14F7O4P. The van der Waals surface area contributed by atoms with Gasteiger partial charge in [0.25, 0.3) is 5.85 Å². The van der Waals surface area contributed by atoms with Crippen LogP contribution in [0.25, 0.3) is 0 Å². The summed E-state index contributed by atoms with van der Waals surface area (Å²) in [7, 11) is -5.98. The molecule has 0 heterocycles. The fraction of sp³-hybridized carbons (Fsp3) is 1.00. The molecule has 0 aromatic heterocycles. The number of hydrogen-bond acceptors (Lipinski definition) is 2. The summed E-state index contributed by atoms with van der Waals surface area (Å²) in [6.07, 6.45) is -2.20. The Morgan fingerprint density at radius 3 is 1.71 bits per heavy atom. The molecule has 21 heavy (non-hydrogen) atoms. The zero-order valence-electron chi connectivity index (χ0n) is 10.9. The SMILES string of the molecule is CCCCC(F)(OP(=O)(O)O)C(F)(F)C(F)(F)C(C)(F)F. The molecular weight excluding hydrogens is 336 g/mol. The van der Waals surface area contributed by atoms with Gasteiger partial charge in [-0.2, -0.15) is 26.3 Å². The smallest absolute Gasteiger partial charge is 0.303 e. The predicted octanol–water partition coefficient (Wildman–Crippen LogP) is 3.88.